The standard InChI is InChI=1S/C24H28N4O3/c1-16-8-7-10-19(23(16)24(31)27-12-5-6-13-27)25-15-22(30)28-17(2)14-21(29)26-18-9-3-4-11-20(18)28/h3-4,7-11,17,25H,5-6,12-15H2,1-2H3,(H,26,29). The maximum atomic E-state index is 13.3. The molecule has 0 saturated carbocycles. The predicted octanol–water partition coefficient (Wildman–Crippen LogP) is 3.41. The molecular weight excluding hydrogens is 392 g/mol. The minimum Gasteiger partial charge on any atom is -0.375 e. The Morgan fingerprint density at radius 3 is 2.61 bits per heavy atom. The lowest BCUT2D eigenvalue weighted by Gasteiger charge is -2.28. The second-order valence-corrected chi connectivity index (χ2v) is 8.23. The SMILES string of the molecule is Cc1cccc(NCC(=O)N2c3ccccc3NC(=O)CC2C)c1C(=O)N1CCCC1. The zero-order chi connectivity index (χ0) is 22.0. The summed E-state index contributed by atoms with van der Waals surface area (Å²) in [5, 5.41) is 6.07. The molecule has 0 bridgehead atoms. The Morgan fingerprint density at radius 2 is 1.84 bits per heavy atom. The van der Waals surface area contributed by atoms with E-state index in [4.69, 9.17) is 0 Å². The number of rotatable bonds is 4. The predicted molar refractivity (Wildman–Crippen MR) is 121 cm³/mol. The summed E-state index contributed by atoms with van der Waals surface area (Å²) in [5.41, 5.74) is 3.49. The molecule has 1 atom stereocenters. The molecule has 2 aromatic carbocycles. The van der Waals surface area contributed by atoms with Crippen molar-refractivity contribution in [3.05, 3.63) is 53.6 Å². The Bertz CT molecular complexity index is 1010. The van der Waals surface area contributed by atoms with Crippen molar-refractivity contribution >= 4 is 34.8 Å². The van der Waals surface area contributed by atoms with Crippen LogP contribution in [0, 0.1) is 6.92 Å². The molecule has 7 heteroatoms. The Hall–Kier alpha value is -3.35. The number of likely N-dealkylation sites (tertiary alicyclic amines) is 1. The van der Waals surface area contributed by atoms with Gasteiger partial charge in [-0.15, -0.1) is 0 Å². The number of anilines is 3. The molecule has 4 rings (SSSR count). The van der Waals surface area contributed by atoms with Gasteiger partial charge in [0.05, 0.1) is 23.5 Å². The number of para-hydroxylation sites is 2. The van der Waals surface area contributed by atoms with Crippen molar-refractivity contribution in [3.8, 4) is 0 Å². The fourth-order valence-electron chi connectivity index (χ4n) is 4.40. The zero-order valence-electron chi connectivity index (χ0n) is 18.0. The van der Waals surface area contributed by atoms with E-state index in [1.807, 2.05) is 55.1 Å². The van der Waals surface area contributed by atoms with E-state index in [1.54, 1.807) is 11.0 Å². The third-order valence-electron chi connectivity index (χ3n) is 5.94. The second-order valence-electron chi connectivity index (χ2n) is 8.23. The molecule has 2 aliphatic rings. The van der Waals surface area contributed by atoms with Gasteiger partial charge in [-0.2, -0.15) is 0 Å². The maximum absolute atomic E-state index is 13.3. The number of carbonyl (C=O) groups excluding carboxylic acids is 3. The fourth-order valence-corrected chi connectivity index (χ4v) is 4.40. The molecule has 1 unspecified atom stereocenters. The number of aryl methyl sites for hydroxylation is 1. The summed E-state index contributed by atoms with van der Waals surface area (Å²) in [6, 6.07) is 12.7. The first-order chi connectivity index (χ1) is 15.0. The van der Waals surface area contributed by atoms with Crippen molar-refractivity contribution in [1.29, 1.82) is 0 Å². The number of amides is 3. The lowest BCUT2D eigenvalue weighted by Crippen LogP contribution is -2.42. The van der Waals surface area contributed by atoms with Gasteiger partial charge in [0.2, 0.25) is 11.8 Å². The summed E-state index contributed by atoms with van der Waals surface area (Å²) in [5.74, 6) is -0.258. The van der Waals surface area contributed by atoms with Crippen molar-refractivity contribution < 1.29 is 14.4 Å². The molecule has 0 radical (unpaired) electrons. The van der Waals surface area contributed by atoms with Crippen molar-refractivity contribution in [1.82, 2.24) is 4.90 Å². The van der Waals surface area contributed by atoms with Crippen molar-refractivity contribution in [2.24, 2.45) is 0 Å². The van der Waals surface area contributed by atoms with Gasteiger partial charge in [0.1, 0.15) is 0 Å². The normalized spacial score (nSPS) is 18.3. The Morgan fingerprint density at radius 1 is 1.10 bits per heavy atom. The third-order valence-corrected chi connectivity index (χ3v) is 5.94. The van der Waals surface area contributed by atoms with Gasteiger partial charge in [0.15, 0.2) is 0 Å². The molecule has 7 nitrogen and oxygen atoms in total. The molecule has 2 N–H and O–H groups in total. The van der Waals surface area contributed by atoms with Crippen LogP contribution in [-0.4, -0.2) is 48.3 Å². The van der Waals surface area contributed by atoms with Gasteiger partial charge >= 0.3 is 0 Å². The molecule has 2 heterocycles. The quantitative estimate of drug-likeness (QED) is 0.794. The lowest BCUT2D eigenvalue weighted by atomic mass is 10.0. The van der Waals surface area contributed by atoms with E-state index >= 15 is 0 Å². The topological polar surface area (TPSA) is 81.8 Å². The van der Waals surface area contributed by atoms with E-state index in [0.29, 0.717) is 22.6 Å². The summed E-state index contributed by atoms with van der Waals surface area (Å²) in [4.78, 5) is 42.1. The van der Waals surface area contributed by atoms with E-state index in [2.05, 4.69) is 10.6 Å². The van der Waals surface area contributed by atoms with E-state index in [0.717, 1.165) is 31.5 Å². The summed E-state index contributed by atoms with van der Waals surface area (Å²) in [6.45, 7) is 5.36. The Balaban J connectivity index is 1.56. The Labute approximate surface area is 182 Å². The van der Waals surface area contributed by atoms with Crippen LogP contribution < -0.4 is 15.5 Å². The molecule has 3 amide bonds. The van der Waals surface area contributed by atoms with Crippen molar-refractivity contribution in [2.45, 2.75) is 39.2 Å². The van der Waals surface area contributed by atoms with Crippen molar-refractivity contribution in [2.75, 3.05) is 35.2 Å². The number of nitrogens with zero attached hydrogens (tertiary/aromatic N) is 2. The number of hydrogen-bond donors (Lipinski definition) is 2. The number of fused-ring (bicyclic) bond motifs is 1. The highest BCUT2D eigenvalue weighted by atomic mass is 16.2. The van der Waals surface area contributed by atoms with Crippen LogP contribution in [-0.2, 0) is 9.59 Å². The third kappa shape index (κ3) is 4.26. The van der Waals surface area contributed by atoms with Gasteiger partial charge in [-0.05, 0) is 50.5 Å². The first-order valence-corrected chi connectivity index (χ1v) is 10.8. The van der Waals surface area contributed by atoms with Crippen LogP contribution in [0.15, 0.2) is 42.5 Å². The maximum Gasteiger partial charge on any atom is 0.256 e. The highest BCUT2D eigenvalue weighted by Gasteiger charge is 2.30. The molecular formula is C24H28N4O3. The summed E-state index contributed by atoms with van der Waals surface area (Å²) in [6.07, 6.45) is 2.28. The van der Waals surface area contributed by atoms with Gasteiger partial charge in [0, 0.05) is 31.2 Å². The molecule has 31 heavy (non-hydrogen) atoms. The van der Waals surface area contributed by atoms with Crippen LogP contribution in [0.2, 0.25) is 0 Å². The number of benzene rings is 2. The van der Waals surface area contributed by atoms with Crippen LogP contribution in [0.3, 0.4) is 0 Å². The average Bonchev–Trinajstić information content (AvgIpc) is 3.24. The van der Waals surface area contributed by atoms with Crippen LogP contribution in [0.5, 0.6) is 0 Å². The second kappa shape index (κ2) is 8.79. The fraction of sp³-hybridized carbons (Fsp3) is 0.375. The highest BCUT2D eigenvalue weighted by Crippen LogP contribution is 2.31. The summed E-state index contributed by atoms with van der Waals surface area (Å²) >= 11 is 0. The molecule has 2 aromatic rings. The molecule has 162 valence electrons. The minimum atomic E-state index is -0.277. The largest absolute Gasteiger partial charge is 0.375 e. The zero-order valence-corrected chi connectivity index (χ0v) is 18.0. The van der Waals surface area contributed by atoms with Crippen LogP contribution in [0.1, 0.15) is 42.1 Å². The van der Waals surface area contributed by atoms with Gasteiger partial charge in [0.25, 0.3) is 5.91 Å². The monoisotopic (exact) mass is 420 g/mol. The molecule has 2 aliphatic heterocycles. The molecule has 1 fully saturated rings. The first kappa shape index (κ1) is 20.9. The molecule has 0 aliphatic carbocycles. The van der Waals surface area contributed by atoms with E-state index < -0.39 is 0 Å². The van der Waals surface area contributed by atoms with Gasteiger partial charge in [-0.25, -0.2) is 0 Å². The molecule has 0 aromatic heterocycles. The van der Waals surface area contributed by atoms with E-state index in [-0.39, 0.29) is 36.7 Å². The van der Waals surface area contributed by atoms with Gasteiger partial charge < -0.3 is 20.4 Å². The minimum absolute atomic E-state index is 0.00818. The van der Waals surface area contributed by atoms with Crippen LogP contribution in [0.4, 0.5) is 17.1 Å². The average molecular weight is 421 g/mol. The first-order valence-electron chi connectivity index (χ1n) is 10.8. The number of nitrogens with one attached hydrogen (secondary N) is 2. The Kier molecular flexibility index (Phi) is 5.93. The van der Waals surface area contributed by atoms with Gasteiger partial charge in [-0.1, -0.05) is 24.3 Å². The van der Waals surface area contributed by atoms with Crippen LogP contribution >= 0.6 is 0 Å². The van der Waals surface area contributed by atoms with E-state index in [1.165, 1.54) is 0 Å². The smallest absolute Gasteiger partial charge is 0.256 e. The van der Waals surface area contributed by atoms with Crippen molar-refractivity contribution in [3.63, 3.8) is 0 Å². The number of hydrogen-bond acceptors (Lipinski definition) is 4. The van der Waals surface area contributed by atoms with Crippen LogP contribution in [0.25, 0.3) is 0 Å². The highest BCUT2D eigenvalue weighted by molar-refractivity contribution is 6.06. The molecule has 1 saturated heterocycles. The number of carbonyl (C=O) groups is 3. The molecule has 0 spiro atoms. The summed E-state index contributed by atoms with van der Waals surface area (Å²) < 4.78 is 0. The van der Waals surface area contributed by atoms with E-state index in [9.17, 15) is 14.4 Å². The van der Waals surface area contributed by atoms with Gasteiger partial charge in [-0.3, -0.25) is 14.4 Å². The summed E-state index contributed by atoms with van der Waals surface area (Å²) in [7, 11) is 0. The lowest BCUT2D eigenvalue weighted by molar-refractivity contribution is -0.118.